The molecule has 6 heteroatoms. The van der Waals surface area contributed by atoms with E-state index in [9.17, 15) is 18.0 Å². The van der Waals surface area contributed by atoms with Gasteiger partial charge in [-0.05, 0) is 49.6 Å². The van der Waals surface area contributed by atoms with Crippen molar-refractivity contribution in [1.29, 1.82) is 0 Å². The molecule has 2 aromatic carbocycles. The number of para-hydroxylation sites is 1. The second-order valence-corrected chi connectivity index (χ2v) is 6.60. The lowest BCUT2D eigenvalue weighted by Gasteiger charge is -2.25. The van der Waals surface area contributed by atoms with Crippen LogP contribution in [0.5, 0.6) is 0 Å². The summed E-state index contributed by atoms with van der Waals surface area (Å²) in [6.07, 6.45) is -3.51. The first-order valence-corrected chi connectivity index (χ1v) is 8.60. The van der Waals surface area contributed by atoms with Crippen LogP contribution in [0.2, 0.25) is 0 Å². The molecule has 26 heavy (non-hydrogen) atoms. The number of carbonyl (C=O) groups is 1. The van der Waals surface area contributed by atoms with Gasteiger partial charge in [-0.2, -0.15) is 13.2 Å². The van der Waals surface area contributed by atoms with Gasteiger partial charge in [0.1, 0.15) is 0 Å². The quantitative estimate of drug-likeness (QED) is 0.878. The molecule has 0 radical (unpaired) electrons. The molecule has 1 N–H and O–H groups in total. The van der Waals surface area contributed by atoms with Crippen molar-refractivity contribution in [2.24, 2.45) is 0 Å². The minimum absolute atomic E-state index is 0.0336. The molecule has 0 saturated carbocycles. The van der Waals surface area contributed by atoms with Crippen molar-refractivity contribution in [2.45, 2.75) is 38.5 Å². The maximum Gasteiger partial charge on any atom is 0.416 e. The van der Waals surface area contributed by atoms with Gasteiger partial charge in [-0.3, -0.25) is 10.1 Å². The Bertz CT molecular complexity index is 786. The molecule has 0 aliphatic carbocycles. The summed E-state index contributed by atoms with van der Waals surface area (Å²) in [5, 5.41) is 3.19. The van der Waals surface area contributed by atoms with E-state index in [0.717, 1.165) is 29.8 Å². The third kappa shape index (κ3) is 3.75. The maximum absolute atomic E-state index is 12.8. The molecule has 2 unspecified atom stereocenters. The van der Waals surface area contributed by atoms with E-state index >= 15 is 0 Å². The predicted octanol–water partition coefficient (Wildman–Crippen LogP) is 4.33. The Balaban J connectivity index is 1.66. The van der Waals surface area contributed by atoms with Crippen LogP contribution in [0.15, 0.2) is 48.5 Å². The maximum atomic E-state index is 12.8. The van der Waals surface area contributed by atoms with Crippen LogP contribution in [-0.4, -0.2) is 18.5 Å². The van der Waals surface area contributed by atoms with Gasteiger partial charge in [0, 0.05) is 18.3 Å². The summed E-state index contributed by atoms with van der Waals surface area (Å²) in [4.78, 5) is 14.5. The summed E-state index contributed by atoms with van der Waals surface area (Å²) in [5.41, 5.74) is 2.13. The fraction of sp³-hybridized carbons (Fsp3) is 0.350. The first kappa shape index (κ1) is 18.5. The van der Waals surface area contributed by atoms with Crippen LogP contribution in [-0.2, 0) is 17.4 Å². The molecule has 0 saturated heterocycles. The zero-order chi connectivity index (χ0) is 18.9. The van der Waals surface area contributed by atoms with Gasteiger partial charge in [-0.1, -0.05) is 30.3 Å². The van der Waals surface area contributed by atoms with Crippen LogP contribution in [0.1, 0.15) is 36.6 Å². The van der Waals surface area contributed by atoms with Gasteiger partial charge in [0.15, 0.2) is 0 Å². The highest BCUT2D eigenvalue weighted by molar-refractivity contribution is 5.98. The minimum atomic E-state index is -4.35. The third-order valence-electron chi connectivity index (χ3n) is 4.76. The van der Waals surface area contributed by atoms with Crippen LogP contribution in [0.4, 0.5) is 18.9 Å². The number of hydrogen-bond acceptors (Lipinski definition) is 2. The number of alkyl halides is 3. The highest BCUT2D eigenvalue weighted by Crippen LogP contribution is 2.30. The number of carbonyl (C=O) groups excluding carboxylic acids is 1. The zero-order valence-electron chi connectivity index (χ0n) is 14.7. The Hall–Kier alpha value is -2.34. The van der Waals surface area contributed by atoms with Gasteiger partial charge in [-0.15, -0.1) is 0 Å². The second kappa shape index (κ2) is 7.11. The Morgan fingerprint density at radius 3 is 2.38 bits per heavy atom. The first-order chi connectivity index (χ1) is 12.3. The van der Waals surface area contributed by atoms with E-state index in [-0.39, 0.29) is 11.9 Å². The van der Waals surface area contributed by atoms with E-state index in [2.05, 4.69) is 5.32 Å². The van der Waals surface area contributed by atoms with Crippen molar-refractivity contribution in [3.05, 3.63) is 65.2 Å². The van der Waals surface area contributed by atoms with E-state index < -0.39 is 17.8 Å². The normalized spacial score (nSPS) is 16.3. The number of hydrogen-bond donors (Lipinski definition) is 1. The number of nitrogens with one attached hydrogen (secondary N) is 1. The smallest absolute Gasteiger partial charge is 0.310 e. The number of anilines is 1. The van der Waals surface area contributed by atoms with Crippen molar-refractivity contribution in [2.75, 3.05) is 11.4 Å². The lowest BCUT2D eigenvalue weighted by Crippen LogP contribution is -2.45. The molecule has 3 rings (SSSR count). The van der Waals surface area contributed by atoms with Crippen LogP contribution in [0.3, 0.4) is 0 Å². The van der Waals surface area contributed by atoms with Gasteiger partial charge in [0.2, 0.25) is 5.91 Å². The van der Waals surface area contributed by atoms with Gasteiger partial charge < -0.3 is 4.90 Å². The van der Waals surface area contributed by atoms with Gasteiger partial charge in [-0.25, -0.2) is 0 Å². The van der Waals surface area contributed by atoms with Crippen molar-refractivity contribution in [3.8, 4) is 0 Å². The van der Waals surface area contributed by atoms with Crippen LogP contribution >= 0.6 is 0 Å². The summed E-state index contributed by atoms with van der Waals surface area (Å²) < 4.78 is 38.0. The number of fused-ring (bicyclic) bond motifs is 1. The molecule has 2 atom stereocenters. The van der Waals surface area contributed by atoms with Crippen molar-refractivity contribution in [3.63, 3.8) is 0 Å². The van der Waals surface area contributed by atoms with Crippen molar-refractivity contribution in [1.82, 2.24) is 5.32 Å². The molecule has 138 valence electrons. The Labute approximate surface area is 150 Å². The summed E-state index contributed by atoms with van der Waals surface area (Å²) in [6, 6.07) is 12.2. The molecule has 1 aliphatic heterocycles. The molecular formula is C20H21F3N2O. The third-order valence-corrected chi connectivity index (χ3v) is 4.76. The SMILES string of the molecule is CC(NC(C)c1ccc(C(F)(F)F)cc1)C(=O)N1CCc2ccccc21. The summed E-state index contributed by atoms with van der Waals surface area (Å²) in [5.74, 6) is -0.0336. The first-order valence-electron chi connectivity index (χ1n) is 8.60. The molecule has 1 amide bonds. The summed E-state index contributed by atoms with van der Waals surface area (Å²) in [7, 11) is 0. The number of rotatable bonds is 4. The van der Waals surface area contributed by atoms with Gasteiger partial charge in [0.05, 0.1) is 11.6 Å². The molecule has 3 nitrogen and oxygen atoms in total. The summed E-state index contributed by atoms with van der Waals surface area (Å²) >= 11 is 0. The molecule has 1 aliphatic rings. The molecule has 0 bridgehead atoms. The molecule has 1 heterocycles. The number of amides is 1. The zero-order valence-corrected chi connectivity index (χ0v) is 14.7. The minimum Gasteiger partial charge on any atom is -0.310 e. The Morgan fingerprint density at radius 1 is 1.08 bits per heavy atom. The average Bonchev–Trinajstić information content (AvgIpc) is 3.04. The number of nitrogens with zero attached hydrogens (tertiary/aromatic N) is 1. The highest BCUT2D eigenvalue weighted by Gasteiger charge is 2.31. The van der Waals surface area contributed by atoms with Crippen molar-refractivity contribution >= 4 is 11.6 Å². The van der Waals surface area contributed by atoms with Crippen LogP contribution in [0, 0.1) is 0 Å². The molecular weight excluding hydrogens is 341 g/mol. The molecule has 0 aromatic heterocycles. The van der Waals surface area contributed by atoms with E-state index in [1.807, 2.05) is 31.2 Å². The van der Waals surface area contributed by atoms with Crippen LogP contribution < -0.4 is 10.2 Å². The highest BCUT2D eigenvalue weighted by atomic mass is 19.4. The largest absolute Gasteiger partial charge is 0.416 e. The topological polar surface area (TPSA) is 32.3 Å². The second-order valence-electron chi connectivity index (χ2n) is 6.60. The van der Waals surface area contributed by atoms with Crippen molar-refractivity contribution < 1.29 is 18.0 Å². The van der Waals surface area contributed by atoms with E-state index in [0.29, 0.717) is 12.1 Å². The van der Waals surface area contributed by atoms with E-state index in [1.54, 1.807) is 11.8 Å². The lowest BCUT2D eigenvalue weighted by atomic mass is 10.0. The van der Waals surface area contributed by atoms with E-state index in [4.69, 9.17) is 0 Å². The number of benzene rings is 2. The van der Waals surface area contributed by atoms with Gasteiger partial charge >= 0.3 is 6.18 Å². The fourth-order valence-corrected chi connectivity index (χ4v) is 3.30. The predicted molar refractivity (Wildman–Crippen MR) is 95.0 cm³/mol. The fourth-order valence-electron chi connectivity index (χ4n) is 3.30. The Morgan fingerprint density at radius 2 is 1.73 bits per heavy atom. The number of halogens is 3. The standard InChI is InChI=1S/C20H21F3N2O/c1-13(15-7-9-17(10-8-15)20(21,22)23)24-14(2)19(26)25-12-11-16-5-3-4-6-18(16)25/h3-10,13-14,24H,11-12H2,1-2H3. The van der Waals surface area contributed by atoms with Gasteiger partial charge in [0.25, 0.3) is 0 Å². The lowest BCUT2D eigenvalue weighted by molar-refractivity contribution is -0.137. The summed E-state index contributed by atoms with van der Waals surface area (Å²) in [6.45, 7) is 4.27. The molecule has 0 spiro atoms. The average molecular weight is 362 g/mol. The van der Waals surface area contributed by atoms with E-state index in [1.165, 1.54) is 12.1 Å². The monoisotopic (exact) mass is 362 g/mol. The molecule has 2 aromatic rings. The Kier molecular flexibility index (Phi) is 5.05. The van der Waals surface area contributed by atoms with Crippen LogP contribution in [0.25, 0.3) is 0 Å². The molecule has 0 fully saturated rings.